The summed E-state index contributed by atoms with van der Waals surface area (Å²) in [6, 6.07) is 0. The number of hydrogen-bond donors (Lipinski definition) is 0. The number of rotatable bonds is 14. The van der Waals surface area contributed by atoms with E-state index in [1.54, 1.807) is 0 Å². The molecule has 0 aliphatic heterocycles. The molecule has 0 aromatic rings. The molecule has 0 heterocycles. The van der Waals surface area contributed by atoms with Crippen molar-refractivity contribution in [3.05, 3.63) is 24.4 Å². The first-order valence-electron chi connectivity index (χ1n) is 7.95. The Morgan fingerprint density at radius 1 is 0.800 bits per heavy atom. The highest BCUT2D eigenvalue weighted by molar-refractivity contribution is 6.66. The standard InChI is InChI=1S/C16H32O3Si/c1-5-9-10-11-12-13-14-15-16-20(17-6-2,18-7-3)19-8-4/h5,15-16H,1,6-14H2,2-4H3/b16-15+. The summed E-state index contributed by atoms with van der Waals surface area (Å²) in [5, 5.41) is 0. The third-order valence-corrected chi connectivity index (χ3v) is 5.60. The van der Waals surface area contributed by atoms with Gasteiger partial charge in [-0.25, -0.2) is 0 Å². The van der Waals surface area contributed by atoms with Crippen molar-refractivity contribution in [2.75, 3.05) is 19.8 Å². The Labute approximate surface area is 126 Å². The SMILES string of the molecule is C=CCCCCCC/C=C/[Si](OCC)(OCC)OCC. The van der Waals surface area contributed by atoms with Crippen LogP contribution in [0, 0.1) is 0 Å². The molecule has 0 aliphatic rings. The van der Waals surface area contributed by atoms with E-state index in [1.165, 1.54) is 25.7 Å². The molecule has 0 amide bonds. The molecule has 20 heavy (non-hydrogen) atoms. The van der Waals surface area contributed by atoms with Crippen molar-refractivity contribution in [3.8, 4) is 0 Å². The van der Waals surface area contributed by atoms with Crippen LogP contribution in [-0.4, -0.2) is 28.6 Å². The van der Waals surface area contributed by atoms with Gasteiger partial charge < -0.3 is 13.3 Å². The zero-order chi connectivity index (χ0) is 15.1. The highest BCUT2D eigenvalue weighted by Gasteiger charge is 2.37. The predicted octanol–water partition coefficient (Wildman–Crippen LogP) is 4.66. The molecule has 0 saturated carbocycles. The molecule has 0 unspecified atom stereocenters. The first kappa shape index (κ1) is 19.6. The van der Waals surface area contributed by atoms with E-state index in [1.807, 2.05) is 32.5 Å². The van der Waals surface area contributed by atoms with Crippen molar-refractivity contribution in [1.29, 1.82) is 0 Å². The minimum absolute atomic E-state index is 0.623. The van der Waals surface area contributed by atoms with E-state index in [4.69, 9.17) is 13.3 Å². The number of unbranched alkanes of at least 4 members (excludes halogenated alkanes) is 5. The average molecular weight is 301 g/mol. The Hall–Kier alpha value is -0.423. The van der Waals surface area contributed by atoms with Gasteiger partial charge in [-0.15, -0.1) is 6.58 Å². The summed E-state index contributed by atoms with van der Waals surface area (Å²) in [6.07, 6.45) is 11.4. The molecule has 0 fully saturated rings. The lowest BCUT2D eigenvalue weighted by Crippen LogP contribution is -2.44. The van der Waals surface area contributed by atoms with Gasteiger partial charge in [-0.1, -0.05) is 25.0 Å². The molecular weight excluding hydrogens is 268 g/mol. The lowest BCUT2D eigenvalue weighted by atomic mass is 10.1. The second kappa shape index (κ2) is 13.6. The van der Waals surface area contributed by atoms with Gasteiger partial charge in [0, 0.05) is 19.8 Å². The van der Waals surface area contributed by atoms with Crippen LogP contribution in [0.25, 0.3) is 0 Å². The summed E-state index contributed by atoms with van der Waals surface area (Å²) in [5.74, 6) is 0. The largest absolute Gasteiger partial charge is 0.529 e. The molecule has 0 aromatic carbocycles. The van der Waals surface area contributed by atoms with E-state index in [2.05, 4.69) is 12.7 Å². The van der Waals surface area contributed by atoms with Crippen LogP contribution in [0.3, 0.4) is 0 Å². The fourth-order valence-corrected chi connectivity index (χ4v) is 4.21. The van der Waals surface area contributed by atoms with Crippen LogP contribution in [0.5, 0.6) is 0 Å². The molecule has 4 heteroatoms. The first-order chi connectivity index (χ1) is 9.74. The van der Waals surface area contributed by atoms with Crippen molar-refractivity contribution < 1.29 is 13.3 Å². The summed E-state index contributed by atoms with van der Waals surface area (Å²) in [4.78, 5) is 0. The van der Waals surface area contributed by atoms with Crippen molar-refractivity contribution in [1.82, 2.24) is 0 Å². The van der Waals surface area contributed by atoms with Crippen LogP contribution in [0.1, 0.15) is 59.3 Å². The molecule has 0 bridgehead atoms. The van der Waals surface area contributed by atoms with Crippen molar-refractivity contribution >= 4 is 8.80 Å². The van der Waals surface area contributed by atoms with Crippen LogP contribution in [-0.2, 0) is 13.3 Å². The number of allylic oxidation sites excluding steroid dienone is 2. The molecule has 0 rings (SSSR count). The van der Waals surface area contributed by atoms with E-state index in [9.17, 15) is 0 Å². The minimum atomic E-state index is -2.57. The summed E-state index contributed by atoms with van der Waals surface area (Å²) in [6.45, 7) is 11.5. The highest BCUT2D eigenvalue weighted by Crippen LogP contribution is 2.13. The minimum Gasteiger partial charge on any atom is -0.371 e. The van der Waals surface area contributed by atoms with Gasteiger partial charge in [0.2, 0.25) is 0 Å². The second-order valence-electron chi connectivity index (χ2n) is 4.59. The molecule has 3 nitrogen and oxygen atoms in total. The van der Waals surface area contributed by atoms with Crippen LogP contribution in [0.4, 0.5) is 0 Å². The monoisotopic (exact) mass is 300 g/mol. The second-order valence-corrected chi connectivity index (χ2v) is 6.99. The molecule has 0 aliphatic carbocycles. The van der Waals surface area contributed by atoms with Gasteiger partial charge in [-0.05, 0) is 52.2 Å². The zero-order valence-corrected chi connectivity index (χ0v) is 14.5. The van der Waals surface area contributed by atoms with E-state index < -0.39 is 8.80 Å². The average Bonchev–Trinajstić information content (AvgIpc) is 2.43. The molecular formula is C16H32O3Si. The first-order valence-corrected chi connectivity index (χ1v) is 9.75. The van der Waals surface area contributed by atoms with Gasteiger partial charge in [0.05, 0.1) is 0 Å². The summed E-state index contributed by atoms with van der Waals surface area (Å²) >= 11 is 0. The Bertz CT molecular complexity index is 237. The normalized spacial score (nSPS) is 12.2. The summed E-state index contributed by atoms with van der Waals surface area (Å²) in [5.41, 5.74) is 2.05. The lowest BCUT2D eigenvalue weighted by molar-refractivity contribution is 0.0842. The maximum Gasteiger partial charge on any atom is 0.529 e. The van der Waals surface area contributed by atoms with Gasteiger partial charge in [0.25, 0.3) is 0 Å². The topological polar surface area (TPSA) is 27.7 Å². The summed E-state index contributed by atoms with van der Waals surface area (Å²) < 4.78 is 17.3. The quantitative estimate of drug-likeness (QED) is 0.265. The molecule has 0 atom stereocenters. The van der Waals surface area contributed by atoms with Crippen molar-refractivity contribution in [3.63, 3.8) is 0 Å². The smallest absolute Gasteiger partial charge is 0.371 e. The Kier molecular flexibility index (Phi) is 13.3. The van der Waals surface area contributed by atoms with Crippen LogP contribution < -0.4 is 0 Å². The number of hydrogen-bond acceptors (Lipinski definition) is 3. The van der Waals surface area contributed by atoms with Gasteiger partial charge in [-0.3, -0.25) is 0 Å². The predicted molar refractivity (Wildman–Crippen MR) is 87.7 cm³/mol. The molecule has 0 aromatic heterocycles. The van der Waals surface area contributed by atoms with E-state index in [0.29, 0.717) is 19.8 Å². The Morgan fingerprint density at radius 3 is 1.75 bits per heavy atom. The maximum atomic E-state index is 5.77. The Balaban J connectivity index is 4.07. The van der Waals surface area contributed by atoms with Crippen molar-refractivity contribution in [2.24, 2.45) is 0 Å². The lowest BCUT2D eigenvalue weighted by Gasteiger charge is -2.25. The van der Waals surface area contributed by atoms with Crippen LogP contribution in [0.2, 0.25) is 0 Å². The summed E-state index contributed by atoms with van der Waals surface area (Å²) in [7, 11) is -2.57. The van der Waals surface area contributed by atoms with E-state index >= 15 is 0 Å². The third kappa shape index (κ3) is 9.48. The fraction of sp³-hybridized carbons (Fsp3) is 0.750. The van der Waals surface area contributed by atoms with Gasteiger partial charge in [0.15, 0.2) is 0 Å². The highest BCUT2D eigenvalue weighted by atomic mass is 28.4. The maximum absolute atomic E-state index is 5.77. The van der Waals surface area contributed by atoms with Gasteiger partial charge in [0.1, 0.15) is 0 Å². The Morgan fingerprint density at radius 2 is 1.30 bits per heavy atom. The van der Waals surface area contributed by atoms with Crippen molar-refractivity contribution in [2.45, 2.75) is 59.3 Å². The molecule has 0 radical (unpaired) electrons. The van der Waals surface area contributed by atoms with Crippen LogP contribution >= 0.6 is 0 Å². The fourth-order valence-electron chi connectivity index (χ4n) is 2.00. The zero-order valence-electron chi connectivity index (χ0n) is 13.5. The molecule has 0 spiro atoms. The van der Waals surface area contributed by atoms with Gasteiger partial charge in [-0.2, -0.15) is 0 Å². The molecule has 0 saturated heterocycles. The van der Waals surface area contributed by atoms with Gasteiger partial charge >= 0.3 is 8.80 Å². The molecule has 118 valence electrons. The van der Waals surface area contributed by atoms with E-state index in [-0.39, 0.29) is 0 Å². The third-order valence-electron chi connectivity index (χ3n) is 2.89. The van der Waals surface area contributed by atoms with E-state index in [0.717, 1.165) is 12.8 Å². The molecule has 0 N–H and O–H groups in total. The van der Waals surface area contributed by atoms with Crippen LogP contribution in [0.15, 0.2) is 24.4 Å².